The minimum absolute atomic E-state index is 0.0623. The standard InChI is InChI=1S/C32H41ClN2O6S/c1-20-6-5-8-28(32(37)38)27-13-10-24(27)18-35-15-4-3-7-22-16-26(33)12-9-25(22)19-41-30-14-11-23(17-29(30)35)31(36)34-42(39,40)21(20)2/h9,11-12,14,16-17,20-21,24,27-28H,3-8,10,13,15,18-19H2,1-2H3,(H,34,36)(H,37,38)/t20-,21+,24?,27?,28+/m0/s1. The second kappa shape index (κ2) is 12.8. The molecular formula is C32H41ClN2O6S. The molecule has 0 spiro atoms. The van der Waals surface area contributed by atoms with Crippen molar-refractivity contribution in [2.24, 2.45) is 23.7 Å². The number of anilines is 1. The molecule has 228 valence electrons. The van der Waals surface area contributed by atoms with E-state index in [9.17, 15) is 23.1 Å². The number of amides is 1. The first-order valence-electron chi connectivity index (χ1n) is 15.1. The van der Waals surface area contributed by atoms with E-state index < -0.39 is 33.1 Å². The van der Waals surface area contributed by atoms with Gasteiger partial charge in [-0.3, -0.25) is 9.59 Å². The molecule has 1 saturated carbocycles. The fourth-order valence-corrected chi connectivity index (χ4v) is 8.22. The van der Waals surface area contributed by atoms with Gasteiger partial charge in [-0.2, -0.15) is 0 Å². The van der Waals surface area contributed by atoms with Crippen LogP contribution in [0.4, 0.5) is 5.69 Å². The molecule has 5 atom stereocenters. The van der Waals surface area contributed by atoms with E-state index in [0.29, 0.717) is 49.7 Å². The Balaban J connectivity index is 1.54. The Kier molecular flexibility index (Phi) is 9.38. The van der Waals surface area contributed by atoms with Crippen LogP contribution in [-0.4, -0.2) is 43.7 Å². The third-order valence-corrected chi connectivity index (χ3v) is 11.9. The van der Waals surface area contributed by atoms with Crippen molar-refractivity contribution in [1.82, 2.24) is 4.72 Å². The maximum Gasteiger partial charge on any atom is 0.306 e. The van der Waals surface area contributed by atoms with Gasteiger partial charge in [0, 0.05) is 23.7 Å². The smallest absolute Gasteiger partial charge is 0.306 e. The third-order valence-electron chi connectivity index (χ3n) is 9.70. The summed E-state index contributed by atoms with van der Waals surface area (Å²) in [6.07, 6.45) is 6.22. The molecule has 1 amide bonds. The monoisotopic (exact) mass is 616 g/mol. The van der Waals surface area contributed by atoms with E-state index in [2.05, 4.69) is 9.62 Å². The summed E-state index contributed by atoms with van der Waals surface area (Å²) < 4.78 is 35.0. The zero-order chi connectivity index (χ0) is 30.0. The molecule has 2 aliphatic heterocycles. The third kappa shape index (κ3) is 6.72. The lowest BCUT2D eigenvalue weighted by Crippen LogP contribution is -2.44. The van der Waals surface area contributed by atoms with Gasteiger partial charge in [0.05, 0.1) is 16.9 Å². The van der Waals surface area contributed by atoms with Crippen LogP contribution in [0.25, 0.3) is 0 Å². The van der Waals surface area contributed by atoms with Crippen molar-refractivity contribution in [3.8, 4) is 5.75 Å². The summed E-state index contributed by atoms with van der Waals surface area (Å²) >= 11 is 6.30. The van der Waals surface area contributed by atoms with Crippen molar-refractivity contribution in [3.05, 3.63) is 58.1 Å². The highest BCUT2D eigenvalue weighted by molar-refractivity contribution is 7.90. The van der Waals surface area contributed by atoms with E-state index in [0.717, 1.165) is 48.9 Å². The van der Waals surface area contributed by atoms with E-state index in [1.165, 1.54) is 0 Å². The van der Waals surface area contributed by atoms with Gasteiger partial charge in [0.15, 0.2) is 0 Å². The number of hydrogen-bond donors (Lipinski definition) is 2. The van der Waals surface area contributed by atoms with Gasteiger partial charge in [-0.15, -0.1) is 0 Å². The van der Waals surface area contributed by atoms with Crippen LogP contribution in [0.3, 0.4) is 0 Å². The Morgan fingerprint density at radius 3 is 2.57 bits per heavy atom. The molecule has 2 heterocycles. The number of hydrogen-bond acceptors (Lipinski definition) is 6. The minimum Gasteiger partial charge on any atom is -0.487 e. The van der Waals surface area contributed by atoms with Gasteiger partial charge in [0.2, 0.25) is 10.0 Å². The summed E-state index contributed by atoms with van der Waals surface area (Å²) in [5.41, 5.74) is 3.17. The number of nitrogens with zero attached hydrogens (tertiary/aromatic N) is 1. The van der Waals surface area contributed by atoms with Gasteiger partial charge in [-0.25, -0.2) is 13.1 Å². The van der Waals surface area contributed by atoms with Crippen LogP contribution >= 0.6 is 11.6 Å². The lowest BCUT2D eigenvalue weighted by atomic mass is 9.65. The Bertz CT molecular complexity index is 1430. The lowest BCUT2D eigenvalue weighted by Gasteiger charge is -2.44. The molecule has 1 aliphatic carbocycles. The zero-order valence-corrected chi connectivity index (χ0v) is 25.9. The molecule has 8 nitrogen and oxygen atoms in total. The first-order valence-corrected chi connectivity index (χ1v) is 17.0. The first kappa shape index (κ1) is 30.7. The van der Waals surface area contributed by atoms with Crippen molar-refractivity contribution in [1.29, 1.82) is 0 Å². The maximum atomic E-state index is 13.3. The Morgan fingerprint density at radius 2 is 1.83 bits per heavy atom. The molecule has 10 heteroatoms. The van der Waals surface area contributed by atoms with Crippen LogP contribution in [0.5, 0.6) is 5.75 Å². The predicted octanol–water partition coefficient (Wildman–Crippen LogP) is 6.06. The average Bonchev–Trinajstić information content (AvgIpc) is 2.96. The highest BCUT2D eigenvalue weighted by atomic mass is 35.5. The predicted molar refractivity (Wildman–Crippen MR) is 164 cm³/mol. The highest BCUT2D eigenvalue weighted by Crippen LogP contribution is 2.44. The van der Waals surface area contributed by atoms with Gasteiger partial charge in [0.25, 0.3) is 5.91 Å². The zero-order valence-electron chi connectivity index (χ0n) is 24.4. The fourth-order valence-electron chi connectivity index (χ4n) is 6.72. The molecule has 5 rings (SSSR count). The number of fused-ring (bicyclic) bond motifs is 3. The Hall–Kier alpha value is -2.78. The number of carbonyl (C=O) groups excluding carboxylic acids is 1. The number of halogens is 1. The largest absolute Gasteiger partial charge is 0.487 e. The lowest BCUT2D eigenvalue weighted by molar-refractivity contribution is -0.146. The number of benzene rings is 2. The van der Waals surface area contributed by atoms with E-state index in [-0.39, 0.29) is 23.3 Å². The molecule has 0 radical (unpaired) electrons. The molecule has 0 aromatic heterocycles. The molecule has 42 heavy (non-hydrogen) atoms. The molecule has 2 N–H and O–H groups in total. The Morgan fingerprint density at radius 1 is 1.02 bits per heavy atom. The average molecular weight is 617 g/mol. The molecule has 2 aromatic carbocycles. The van der Waals surface area contributed by atoms with Gasteiger partial charge in [0.1, 0.15) is 12.4 Å². The van der Waals surface area contributed by atoms with Crippen molar-refractivity contribution in [2.75, 3.05) is 18.0 Å². The van der Waals surface area contributed by atoms with Crippen LogP contribution in [0.1, 0.15) is 80.3 Å². The van der Waals surface area contributed by atoms with E-state index in [1.54, 1.807) is 25.1 Å². The van der Waals surface area contributed by atoms with Gasteiger partial charge in [-0.1, -0.05) is 31.0 Å². The maximum absolute atomic E-state index is 13.3. The molecule has 3 aliphatic rings. The van der Waals surface area contributed by atoms with Gasteiger partial charge < -0.3 is 14.7 Å². The van der Waals surface area contributed by atoms with Crippen molar-refractivity contribution in [3.63, 3.8) is 0 Å². The summed E-state index contributed by atoms with van der Waals surface area (Å²) in [5.74, 6) is -1.25. The van der Waals surface area contributed by atoms with Gasteiger partial charge in [-0.05, 0) is 111 Å². The number of aliphatic carboxylic acids is 1. The fraction of sp³-hybridized carbons (Fsp3) is 0.562. The van der Waals surface area contributed by atoms with Crippen molar-refractivity contribution in [2.45, 2.75) is 77.1 Å². The minimum atomic E-state index is -3.95. The second-order valence-electron chi connectivity index (χ2n) is 12.3. The topological polar surface area (TPSA) is 113 Å². The summed E-state index contributed by atoms with van der Waals surface area (Å²) in [4.78, 5) is 27.9. The number of nitrogens with one attached hydrogen (secondary N) is 1. The van der Waals surface area contributed by atoms with Crippen molar-refractivity contribution < 1.29 is 27.9 Å². The van der Waals surface area contributed by atoms with E-state index in [1.807, 2.05) is 25.1 Å². The number of carboxylic acid groups (broad SMARTS) is 1. The highest BCUT2D eigenvalue weighted by Gasteiger charge is 2.41. The SMILES string of the molecule is C[C@@H]1[C@@H](C)CCC[C@@H](C(=O)O)C2CCC2CN2CCCCc3cc(Cl)ccc3COc3ccc(cc32)C(=O)NS1(=O)=O. The van der Waals surface area contributed by atoms with Crippen LogP contribution in [-0.2, 0) is 27.8 Å². The molecule has 2 unspecified atom stereocenters. The molecule has 1 fully saturated rings. The van der Waals surface area contributed by atoms with Crippen LogP contribution in [0.15, 0.2) is 36.4 Å². The summed E-state index contributed by atoms with van der Waals surface area (Å²) in [6.45, 7) is 5.14. The number of carboxylic acids is 1. The quantitative estimate of drug-likeness (QED) is 0.401. The van der Waals surface area contributed by atoms with E-state index in [4.69, 9.17) is 16.3 Å². The normalized spacial score (nSPS) is 28.5. The summed E-state index contributed by atoms with van der Waals surface area (Å²) in [7, 11) is -3.95. The summed E-state index contributed by atoms with van der Waals surface area (Å²) in [5, 5.41) is 10.1. The number of rotatable bonds is 1. The number of carbonyl (C=O) groups is 2. The molecular weight excluding hydrogens is 576 g/mol. The van der Waals surface area contributed by atoms with Crippen LogP contribution in [0, 0.1) is 23.7 Å². The molecule has 0 saturated heterocycles. The number of ether oxygens (including phenoxy) is 1. The first-order chi connectivity index (χ1) is 20.0. The van der Waals surface area contributed by atoms with Crippen molar-refractivity contribution >= 4 is 39.2 Å². The van der Waals surface area contributed by atoms with Crippen LogP contribution < -0.4 is 14.4 Å². The van der Waals surface area contributed by atoms with Gasteiger partial charge >= 0.3 is 5.97 Å². The molecule has 2 bridgehead atoms. The molecule has 2 aromatic rings. The summed E-state index contributed by atoms with van der Waals surface area (Å²) in [6, 6.07) is 10.9. The number of sulfonamides is 1. The van der Waals surface area contributed by atoms with E-state index >= 15 is 0 Å². The van der Waals surface area contributed by atoms with Crippen LogP contribution in [0.2, 0.25) is 5.02 Å². The second-order valence-corrected chi connectivity index (χ2v) is 14.8. The Labute approximate surface area is 253 Å². The number of aryl methyl sites for hydroxylation is 1.